The first-order valence-corrected chi connectivity index (χ1v) is 13.3. The maximum Gasteiger partial charge on any atom is 0.269 e. The van der Waals surface area contributed by atoms with Crippen LogP contribution in [0.15, 0.2) is 71.3 Å². The van der Waals surface area contributed by atoms with Crippen LogP contribution in [0.25, 0.3) is 22.2 Å². The number of benzene rings is 2. The van der Waals surface area contributed by atoms with Crippen molar-refractivity contribution >= 4 is 28.2 Å². The molecular formula is C28H32N4O4S. The lowest BCUT2D eigenvalue weighted by Gasteiger charge is -2.29. The van der Waals surface area contributed by atoms with Gasteiger partial charge in [-0.1, -0.05) is 47.6 Å². The molecule has 2 atom stereocenters. The molecule has 0 aliphatic heterocycles. The number of aromatic nitrogens is 2. The maximum atomic E-state index is 13.2. The second-order valence-corrected chi connectivity index (χ2v) is 11.6. The van der Waals surface area contributed by atoms with Gasteiger partial charge in [-0.25, -0.2) is 4.98 Å². The van der Waals surface area contributed by atoms with Crippen LogP contribution in [0.4, 0.5) is 0 Å². The van der Waals surface area contributed by atoms with Gasteiger partial charge < -0.3 is 19.1 Å². The van der Waals surface area contributed by atoms with E-state index < -0.39 is 16.1 Å². The van der Waals surface area contributed by atoms with Gasteiger partial charge in [-0.15, -0.1) is 4.72 Å². The molecule has 0 bridgehead atoms. The Bertz CT molecular complexity index is 1350. The standard InChI is InChI=1S/C28H32N4O4S/c1-28(2,3)37(34)32-24(18-19-10-9-14-23(30-19)27(33)29-16-17-35-4)20-11-5-6-12-21(20)26-22-13-7-8-15-25(22)36-31-26/h5-15,24,32H,16-18H2,1-4H3,(H,29,33)/t24?,37-/m0/s1. The fraction of sp³-hybridized carbons (Fsp3) is 0.321. The van der Waals surface area contributed by atoms with Crippen molar-refractivity contribution < 1.29 is 18.6 Å². The maximum absolute atomic E-state index is 13.2. The number of amides is 1. The van der Waals surface area contributed by atoms with E-state index >= 15 is 0 Å². The third-order valence-corrected chi connectivity index (χ3v) is 7.43. The lowest BCUT2D eigenvalue weighted by molar-refractivity contribution is 0.0932. The number of ether oxygens (including phenoxy) is 1. The van der Waals surface area contributed by atoms with Crippen LogP contribution < -0.4 is 10.0 Å². The molecule has 0 saturated carbocycles. The van der Waals surface area contributed by atoms with Crippen molar-refractivity contribution in [2.75, 3.05) is 20.3 Å². The van der Waals surface area contributed by atoms with Gasteiger partial charge in [-0.3, -0.25) is 4.79 Å². The average Bonchev–Trinajstić information content (AvgIpc) is 3.32. The number of rotatable bonds is 10. The molecule has 2 heterocycles. The highest BCUT2D eigenvalue weighted by Crippen LogP contribution is 2.35. The molecule has 8 nitrogen and oxygen atoms in total. The zero-order valence-corrected chi connectivity index (χ0v) is 22.3. The molecule has 0 fully saturated rings. The molecule has 0 spiro atoms. The minimum atomic E-state index is -1.36. The van der Waals surface area contributed by atoms with E-state index in [9.17, 15) is 9.35 Å². The van der Waals surface area contributed by atoms with Crippen LogP contribution in [0, 0.1) is 0 Å². The van der Waals surface area contributed by atoms with Gasteiger partial charge in [0.2, 0.25) is 0 Å². The summed E-state index contributed by atoms with van der Waals surface area (Å²) in [6.45, 7) is 6.59. The van der Waals surface area contributed by atoms with Crippen molar-refractivity contribution in [3.8, 4) is 11.3 Å². The van der Waals surface area contributed by atoms with Crippen molar-refractivity contribution in [1.29, 1.82) is 0 Å². The lowest BCUT2D eigenvalue weighted by Crippen LogP contribution is -2.42. The molecule has 4 rings (SSSR count). The molecule has 0 radical (unpaired) electrons. The SMILES string of the molecule is COCCNC(=O)c1cccc(CC(N[S@@+]([O-])C(C)(C)C)c2ccccc2-c2noc3ccccc23)n1. The van der Waals surface area contributed by atoms with Gasteiger partial charge in [-0.2, -0.15) is 0 Å². The second-order valence-electron chi connectivity index (χ2n) is 9.63. The molecule has 1 unspecified atom stereocenters. The number of nitrogens with one attached hydrogen (secondary N) is 2. The summed E-state index contributed by atoms with van der Waals surface area (Å²) in [4.78, 5) is 17.2. The summed E-state index contributed by atoms with van der Waals surface area (Å²) in [5.41, 5.74) is 4.23. The Morgan fingerprint density at radius 3 is 2.62 bits per heavy atom. The molecule has 0 aliphatic carbocycles. The number of carbonyl (C=O) groups excluding carboxylic acids is 1. The summed E-state index contributed by atoms with van der Waals surface area (Å²) < 4.78 is 26.7. The van der Waals surface area contributed by atoms with Crippen molar-refractivity contribution in [2.45, 2.75) is 38.0 Å². The molecule has 194 valence electrons. The number of pyridine rings is 1. The summed E-state index contributed by atoms with van der Waals surface area (Å²) in [6.07, 6.45) is 0.411. The first-order valence-electron chi connectivity index (χ1n) is 12.1. The first-order chi connectivity index (χ1) is 17.8. The smallest absolute Gasteiger partial charge is 0.269 e. The van der Waals surface area contributed by atoms with Crippen LogP contribution in [-0.4, -0.2) is 45.6 Å². The van der Waals surface area contributed by atoms with Crippen molar-refractivity contribution in [2.24, 2.45) is 0 Å². The van der Waals surface area contributed by atoms with E-state index in [-0.39, 0.29) is 11.9 Å². The summed E-state index contributed by atoms with van der Waals surface area (Å²) in [5.74, 6) is -0.267. The average molecular weight is 521 g/mol. The highest BCUT2D eigenvalue weighted by atomic mass is 32.2. The normalized spacial score (nSPS) is 13.4. The minimum Gasteiger partial charge on any atom is -0.598 e. The van der Waals surface area contributed by atoms with Crippen LogP contribution in [0.1, 0.15) is 48.6 Å². The predicted octanol–water partition coefficient (Wildman–Crippen LogP) is 4.60. The van der Waals surface area contributed by atoms with E-state index in [2.05, 4.69) is 20.2 Å². The van der Waals surface area contributed by atoms with Gasteiger partial charge in [0.05, 0.1) is 12.6 Å². The zero-order valence-electron chi connectivity index (χ0n) is 21.5. The van der Waals surface area contributed by atoms with Gasteiger partial charge in [0.1, 0.15) is 16.1 Å². The summed E-state index contributed by atoms with van der Waals surface area (Å²) >= 11 is -1.36. The topological polar surface area (TPSA) is 112 Å². The number of hydrogen-bond donors (Lipinski definition) is 2. The Morgan fingerprint density at radius 2 is 1.84 bits per heavy atom. The quantitative estimate of drug-likeness (QED) is 0.232. The minimum absolute atomic E-state index is 0.267. The van der Waals surface area contributed by atoms with E-state index in [4.69, 9.17) is 9.26 Å². The third kappa shape index (κ3) is 6.56. The Labute approximate surface area is 220 Å². The van der Waals surface area contributed by atoms with E-state index in [1.54, 1.807) is 13.2 Å². The lowest BCUT2D eigenvalue weighted by atomic mass is 9.94. The summed E-state index contributed by atoms with van der Waals surface area (Å²) in [7, 11) is 1.58. The molecule has 4 aromatic rings. The van der Waals surface area contributed by atoms with E-state index in [1.165, 1.54) is 0 Å². The van der Waals surface area contributed by atoms with Crippen LogP contribution in [0.2, 0.25) is 0 Å². The van der Waals surface area contributed by atoms with Crippen LogP contribution in [0.5, 0.6) is 0 Å². The highest BCUT2D eigenvalue weighted by molar-refractivity contribution is 7.90. The Kier molecular flexibility index (Phi) is 8.60. The van der Waals surface area contributed by atoms with Crippen molar-refractivity contribution in [3.63, 3.8) is 0 Å². The van der Waals surface area contributed by atoms with Crippen LogP contribution in [-0.2, 0) is 22.5 Å². The van der Waals surface area contributed by atoms with Crippen molar-refractivity contribution in [3.05, 3.63) is 83.7 Å². The highest BCUT2D eigenvalue weighted by Gasteiger charge is 2.31. The number of nitrogens with zero attached hydrogens (tertiary/aromatic N) is 2. The van der Waals surface area contributed by atoms with Crippen LogP contribution >= 0.6 is 0 Å². The molecule has 2 aromatic carbocycles. The van der Waals surface area contributed by atoms with Gasteiger partial charge in [0.15, 0.2) is 5.58 Å². The number of para-hydroxylation sites is 1. The van der Waals surface area contributed by atoms with E-state index in [0.717, 1.165) is 22.2 Å². The number of carbonyl (C=O) groups is 1. The van der Waals surface area contributed by atoms with Gasteiger partial charge >= 0.3 is 0 Å². The fourth-order valence-corrected chi connectivity index (χ4v) is 4.73. The number of methoxy groups -OCH3 is 1. The molecular weight excluding hydrogens is 488 g/mol. The molecule has 2 N–H and O–H groups in total. The molecule has 0 aliphatic rings. The third-order valence-electron chi connectivity index (χ3n) is 5.82. The Hall–Kier alpha value is -3.24. The fourth-order valence-electron chi connectivity index (χ4n) is 3.90. The van der Waals surface area contributed by atoms with Crippen molar-refractivity contribution in [1.82, 2.24) is 20.2 Å². The number of hydrogen-bond acceptors (Lipinski definition) is 7. The molecule has 1 amide bonds. The Balaban J connectivity index is 1.70. The predicted molar refractivity (Wildman–Crippen MR) is 145 cm³/mol. The monoisotopic (exact) mass is 520 g/mol. The first kappa shape index (κ1) is 26.8. The number of fused-ring (bicyclic) bond motifs is 1. The molecule has 2 aromatic heterocycles. The summed E-state index contributed by atoms with van der Waals surface area (Å²) in [5, 5.41) is 8.06. The molecule has 0 saturated heterocycles. The van der Waals surface area contributed by atoms with E-state index in [1.807, 2.05) is 81.4 Å². The van der Waals surface area contributed by atoms with Crippen LogP contribution in [0.3, 0.4) is 0 Å². The van der Waals surface area contributed by atoms with Gasteiger partial charge in [-0.05, 0) is 50.6 Å². The summed E-state index contributed by atoms with van der Waals surface area (Å²) in [6, 6.07) is 20.6. The molecule has 9 heteroatoms. The zero-order chi connectivity index (χ0) is 26.4. The van der Waals surface area contributed by atoms with Gasteiger partial charge in [0.25, 0.3) is 5.91 Å². The van der Waals surface area contributed by atoms with Gasteiger partial charge in [0, 0.05) is 48.1 Å². The second kappa shape index (κ2) is 11.9. The molecule has 37 heavy (non-hydrogen) atoms. The van der Waals surface area contributed by atoms with E-state index in [0.29, 0.717) is 36.5 Å². The largest absolute Gasteiger partial charge is 0.598 e. The Morgan fingerprint density at radius 1 is 1.08 bits per heavy atom.